The Kier molecular flexibility index (Phi) is 8.59. The average molecular weight is 589 g/mol. The molecule has 0 spiro atoms. The van der Waals surface area contributed by atoms with E-state index < -0.39 is 23.8 Å². The second-order valence-corrected chi connectivity index (χ2v) is 11.0. The van der Waals surface area contributed by atoms with Crippen molar-refractivity contribution in [3.8, 4) is 10.8 Å². The number of piperazine rings is 1. The summed E-state index contributed by atoms with van der Waals surface area (Å²) in [6.45, 7) is 6.91. The predicted octanol–water partition coefficient (Wildman–Crippen LogP) is 4.24. The van der Waals surface area contributed by atoms with Gasteiger partial charge in [-0.05, 0) is 25.5 Å². The summed E-state index contributed by atoms with van der Waals surface area (Å²) in [5.41, 5.74) is 7.09. The molecule has 0 aliphatic carbocycles. The van der Waals surface area contributed by atoms with Crippen molar-refractivity contribution in [3.05, 3.63) is 70.6 Å². The van der Waals surface area contributed by atoms with Gasteiger partial charge in [-0.1, -0.05) is 18.2 Å². The van der Waals surface area contributed by atoms with Crippen LogP contribution >= 0.6 is 11.3 Å². The molecule has 5 rings (SSSR count). The van der Waals surface area contributed by atoms with Crippen LogP contribution < -0.4 is 10.5 Å². The van der Waals surface area contributed by atoms with Crippen molar-refractivity contribution in [1.82, 2.24) is 24.3 Å². The second-order valence-electron chi connectivity index (χ2n) is 9.96. The highest BCUT2D eigenvalue weighted by atomic mass is 32.1. The van der Waals surface area contributed by atoms with Crippen molar-refractivity contribution in [1.29, 1.82) is 0 Å². The smallest absolute Gasteiger partial charge is 0.416 e. The maximum atomic E-state index is 13.6. The molecule has 3 N–H and O–H groups in total. The second kappa shape index (κ2) is 12.1. The lowest BCUT2D eigenvalue weighted by Crippen LogP contribution is -2.46. The Morgan fingerprint density at radius 2 is 1.88 bits per heavy atom. The first kappa shape index (κ1) is 29.0. The highest BCUT2D eigenvalue weighted by molar-refractivity contribution is 7.16. The van der Waals surface area contributed by atoms with Crippen LogP contribution in [0.2, 0.25) is 0 Å². The summed E-state index contributed by atoms with van der Waals surface area (Å²) in [5.74, 6) is -0.630. The van der Waals surface area contributed by atoms with Crippen LogP contribution in [-0.4, -0.2) is 74.7 Å². The number of amides is 1. The zero-order valence-electron chi connectivity index (χ0n) is 22.5. The number of hydrogen-bond acceptors (Lipinski definition) is 8. The first-order chi connectivity index (χ1) is 19.6. The third-order valence-corrected chi connectivity index (χ3v) is 8.26. The third-order valence-electron chi connectivity index (χ3n) is 7.13. The van der Waals surface area contributed by atoms with Gasteiger partial charge in [-0.25, -0.2) is 4.98 Å². The number of aliphatic hydroxyl groups excluding tert-OH is 1. The Hall–Kier alpha value is -3.52. The minimum absolute atomic E-state index is 0.0406. The van der Waals surface area contributed by atoms with Gasteiger partial charge in [0.15, 0.2) is 0 Å². The Morgan fingerprint density at radius 3 is 2.59 bits per heavy atom. The fourth-order valence-electron chi connectivity index (χ4n) is 5.01. The van der Waals surface area contributed by atoms with E-state index in [1.807, 2.05) is 6.07 Å². The number of hydrogen-bond donors (Lipinski definition) is 2. The number of ether oxygens (including phenoxy) is 1. The quantitative estimate of drug-likeness (QED) is 0.285. The van der Waals surface area contributed by atoms with Crippen LogP contribution in [0.1, 0.15) is 45.9 Å². The molecule has 0 saturated carbocycles. The molecule has 13 heteroatoms. The first-order valence-electron chi connectivity index (χ1n) is 13.3. The van der Waals surface area contributed by atoms with E-state index in [0.717, 1.165) is 67.8 Å². The van der Waals surface area contributed by atoms with Gasteiger partial charge in [0.2, 0.25) is 0 Å². The zero-order valence-corrected chi connectivity index (χ0v) is 23.3. The number of rotatable bonds is 10. The fraction of sp³-hybridized carbons (Fsp3) is 0.393. The number of thiophene rings is 1. The van der Waals surface area contributed by atoms with Gasteiger partial charge in [-0.15, -0.1) is 11.3 Å². The normalized spacial score (nSPS) is 15.8. The van der Waals surface area contributed by atoms with Gasteiger partial charge in [0.25, 0.3) is 5.91 Å². The topological polar surface area (TPSA) is 110 Å². The predicted molar refractivity (Wildman–Crippen MR) is 149 cm³/mol. The standard InChI is InChI=1S/C28H31F3N6O3S/c1-18(20-5-2-3-6-21(20)28(29,30)31)40-24-14-25(41-26(24)27(32)39)37-17-34-22-15-33-19(13-23(22)37)16-36-10-8-35(9-11-36)7-4-12-38/h2-3,5-6,13-15,17-18,38H,4,7-12,16H2,1H3,(H2,32,39)/t18-/m1/s1. The number of carbonyl (C=O) groups is 1. The summed E-state index contributed by atoms with van der Waals surface area (Å²) in [7, 11) is 0. The van der Waals surface area contributed by atoms with E-state index in [4.69, 9.17) is 15.6 Å². The maximum Gasteiger partial charge on any atom is 0.416 e. The highest BCUT2D eigenvalue weighted by Gasteiger charge is 2.35. The maximum absolute atomic E-state index is 13.6. The van der Waals surface area contributed by atoms with E-state index in [-0.39, 0.29) is 22.8 Å². The molecule has 0 bridgehead atoms. The lowest BCUT2D eigenvalue weighted by molar-refractivity contribution is -0.139. The number of halogens is 3. The summed E-state index contributed by atoms with van der Waals surface area (Å²) < 4.78 is 48.5. The highest BCUT2D eigenvalue weighted by Crippen LogP contribution is 2.39. The van der Waals surface area contributed by atoms with Crippen molar-refractivity contribution in [2.45, 2.75) is 32.2 Å². The van der Waals surface area contributed by atoms with Crippen LogP contribution in [0.3, 0.4) is 0 Å². The molecule has 1 amide bonds. The van der Waals surface area contributed by atoms with Crippen LogP contribution in [0, 0.1) is 0 Å². The van der Waals surface area contributed by atoms with Gasteiger partial charge in [0.1, 0.15) is 33.6 Å². The van der Waals surface area contributed by atoms with E-state index >= 15 is 0 Å². The SMILES string of the molecule is C[C@@H](Oc1cc(-n2cnc3cnc(CN4CCN(CCCO)CC4)cc32)sc1C(N)=O)c1ccccc1C(F)(F)F. The summed E-state index contributed by atoms with van der Waals surface area (Å²) in [5, 5.41) is 9.65. The molecular formula is C28H31F3N6O3S. The monoisotopic (exact) mass is 588 g/mol. The van der Waals surface area contributed by atoms with Crippen molar-refractivity contribution >= 4 is 28.3 Å². The zero-order chi connectivity index (χ0) is 29.1. The lowest BCUT2D eigenvalue weighted by atomic mass is 10.0. The number of fused-ring (bicyclic) bond motifs is 1. The molecule has 1 aromatic carbocycles. The fourth-order valence-corrected chi connectivity index (χ4v) is 5.94. The molecule has 1 saturated heterocycles. The van der Waals surface area contributed by atoms with Crippen molar-refractivity contribution in [2.75, 3.05) is 39.3 Å². The van der Waals surface area contributed by atoms with Gasteiger partial charge in [-0.2, -0.15) is 13.2 Å². The largest absolute Gasteiger partial charge is 0.484 e. The number of aliphatic hydroxyl groups is 1. The van der Waals surface area contributed by atoms with Gasteiger partial charge < -0.3 is 20.5 Å². The molecule has 1 aliphatic heterocycles. The Morgan fingerprint density at radius 1 is 1.15 bits per heavy atom. The minimum Gasteiger partial charge on any atom is -0.484 e. The summed E-state index contributed by atoms with van der Waals surface area (Å²) >= 11 is 1.08. The van der Waals surface area contributed by atoms with Crippen LogP contribution in [0.15, 0.2) is 48.9 Å². The third kappa shape index (κ3) is 6.53. The molecule has 1 fully saturated rings. The number of benzene rings is 1. The van der Waals surface area contributed by atoms with E-state index in [0.29, 0.717) is 17.1 Å². The van der Waals surface area contributed by atoms with Gasteiger partial charge in [-0.3, -0.25) is 19.2 Å². The lowest BCUT2D eigenvalue weighted by Gasteiger charge is -2.34. The molecule has 1 atom stereocenters. The number of alkyl halides is 3. The number of imidazole rings is 1. The summed E-state index contributed by atoms with van der Waals surface area (Å²) in [6.07, 6.45) is -1.45. The molecule has 4 aromatic rings. The Labute approximate surface area is 239 Å². The molecular weight excluding hydrogens is 557 g/mol. The van der Waals surface area contributed by atoms with Gasteiger partial charge in [0, 0.05) is 57.5 Å². The summed E-state index contributed by atoms with van der Waals surface area (Å²) in [4.78, 5) is 26.1. The molecule has 0 unspecified atom stereocenters. The van der Waals surface area contributed by atoms with Crippen molar-refractivity contribution in [3.63, 3.8) is 0 Å². The van der Waals surface area contributed by atoms with Gasteiger partial charge >= 0.3 is 6.18 Å². The number of pyridine rings is 1. The van der Waals surface area contributed by atoms with Crippen LogP contribution in [-0.2, 0) is 12.7 Å². The number of carbonyl (C=O) groups excluding carboxylic acids is 1. The summed E-state index contributed by atoms with van der Waals surface area (Å²) in [6, 6.07) is 8.75. The molecule has 9 nitrogen and oxygen atoms in total. The number of primary amides is 1. The minimum atomic E-state index is -4.55. The van der Waals surface area contributed by atoms with E-state index in [2.05, 4.69) is 19.8 Å². The van der Waals surface area contributed by atoms with Crippen molar-refractivity contribution < 1.29 is 27.8 Å². The number of nitrogens with two attached hydrogens (primary N) is 1. The van der Waals surface area contributed by atoms with E-state index in [1.165, 1.54) is 25.1 Å². The Balaban J connectivity index is 1.38. The molecule has 4 heterocycles. The molecule has 0 radical (unpaired) electrons. The molecule has 218 valence electrons. The average Bonchev–Trinajstić information content (AvgIpc) is 3.56. The molecule has 3 aromatic heterocycles. The number of aromatic nitrogens is 3. The molecule has 41 heavy (non-hydrogen) atoms. The van der Waals surface area contributed by atoms with Crippen LogP contribution in [0.4, 0.5) is 13.2 Å². The number of nitrogens with zero attached hydrogens (tertiary/aromatic N) is 5. The first-order valence-corrected chi connectivity index (χ1v) is 14.1. The van der Waals surface area contributed by atoms with E-state index in [9.17, 15) is 18.0 Å². The van der Waals surface area contributed by atoms with Crippen LogP contribution in [0.5, 0.6) is 5.75 Å². The van der Waals surface area contributed by atoms with Crippen molar-refractivity contribution in [2.24, 2.45) is 5.73 Å². The van der Waals surface area contributed by atoms with Crippen LogP contribution in [0.25, 0.3) is 16.0 Å². The van der Waals surface area contributed by atoms with E-state index in [1.54, 1.807) is 23.2 Å². The Bertz CT molecular complexity index is 1510. The molecule has 1 aliphatic rings. The van der Waals surface area contributed by atoms with Gasteiger partial charge in [0.05, 0.1) is 23.0 Å².